The highest BCUT2D eigenvalue weighted by molar-refractivity contribution is 5.93. The van der Waals surface area contributed by atoms with E-state index in [1.165, 1.54) is 29.8 Å². The number of rotatable bonds is 3. The molecule has 0 N–H and O–H groups in total. The summed E-state index contributed by atoms with van der Waals surface area (Å²) in [5.41, 5.74) is 1.24. The number of halogens is 2. The first kappa shape index (κ1) is 12.5. The van der Waals surface area contributed by atoms with Crippen LogP contribution in [0.5, 0.6) is 0 Å². The summed E-state index contributed by atoms with van der Waals surface area (Å²) in [6.07, 6.45) is -2.64. The van der Waals surface area contributed by atoms with Crippen LogP contribution in [0.25, 0.3) is 11.0 Å². The molecule has 0 amide bonds. The second-order valence-corrected chi connectivity index (χ2v) is 3.75. The lowest BCUT2D eigenvalue weighted by Crippen LogP contribution is -2.04. The van der Waals surface area contributed by atoms with Gasteiger partial charge in [-0.2, -0.15) is 0 Å². The fraction of sp³-hybridized carbons (Fsp3) is 0.333. The third-order valence-electron chi connectivity index (χ3n) is 2.62. The van der Waals surface area contributed by atoms with Crippen LogP contribution in [0, 0.1) is 0 Å². The highest BCUT2D eigenvalue weighted by Crippen LogP contribution is 2.23. The molecule has 1 heterocycles. The summed E-state index contributed by atoms with van der Waals surface area (Å²) in [5.74, 6) is -0.787. The van der Waals surface area contributed by atoms with E-state index in [0.717, 1.165) is 0 Å². The van der Waals surface area contributed by atoms with Crippen LogP contribution < -0.4 is 0 Å². The Morgan fingerprint density at radius 3 is 2.83 bits per heavy atom. The molecule has 0 aliphatic carbocycles. The van der Waals surface area contributed by atoms with E-state index in [4.69, 9.17) is 4.74 Å². The fourth-order valence-electron chi connectivity index (χ4n) is 1.75. The third-order valence-corrected chi connectivity index (χ3v) is 2.62. The van der Waals surface area contributed by atoms with Crippen LogP contribution in [-0.4, -0.2) is 22.1 Å². The maximum atomic E-state index is 12.7. The van der Waals surface area contributed by atoms with E-state index in [1.54, 1.807) is 6.92 Å². The van der Waals surface area contributed by atoms with Crippen molar-refractivity contribution in [2.24, 2.45) is 7.05 Å². The number of benzene rings is 1. The highest BCUT2D eigenvalue weighted by atomic mass is 19.3. The molecular weight excluding hydrogens is 242 g/mol. The first-order valence-electron chi connectivity index (χ1n) is 5.46. The van der Waals surface area contributed by atoms with Crippen LogP contribution in [0.15, 0.2) is 18.2 Å². The minimum absolute atomic E-state index is 0.268. The Hall–Kier alpha value is -1.98. The van der Waals surface area contributed by atoms with E-state index in [2.05, 4.69) is 4.98 Å². The topological polar surface area (TPSA) is 44.1 Å². The number of imidazole rings is 1. The summed E-state index contributed by atoms with van der Waals surface area (Å²) in [4.78, 5) is 15.4. The maximum Gasteiger partial charge on any atom is 0.338 e. The van der Waals surface area contributed by atoms with E-state index in [9.17, 15) is 13.6 Å². The van der Waals surface area contributed by atoms with Crippen molar-refractivity contribution in [2.45, 2.75) is 13.3 Å². The number of hydrogen-bond acceptors (Lipinski definition) is 3. The Balaban J connectivity index is 2.51. The van der Waals surface area contributed by atoms with E-state index in [1.807, 2.05) is 0 Å². The summed E-state index contributed by atoms with van der Waals surface area (Å²) >= 11 is 0. The average molecular weight is 254 g/mol. The van der Waals surface area contributed by atoms with Gasteiger partial charge in [-0.15, -0.1) is 0 Å². The molecule has 0 atom stereocenters. The number of esters is 1. The van der Waals surface area contributed by atoms with Crippen molar-refractivity contribution < 1.29 is 18.3 Å². The smallest absolute Gasteiger partial charge is 0.338 e. The number of ether oxygens (including phenoxy) is 1. The molecule has 4 nitrogen and oxygen atoms in total. The molecule has 0 saturated carbocycles. The average Bonchev–Trinajstić information content (AvgIpc) is 2.67. The lowest BCUT2D eigenvalue weighted by atomic mass is 10.2. The van der Waals surface area contributed by atoms with Gasteiger partial charge >= 0.3 is 5.97 Å². The zero-order valence-corrected chi connectivity index (χ0v) is 9.98. The molecule has 2 aromatic rings. The highest BCUT2D eigenvalue weighted by Gasteiger charge is 2.17. The van der Waals surface area contributed by atoms with Gasteiger partial charge in [0.15, 0.2) is 5.82 Å². The molecule has 1 aromatic heterocycles. The van der Waals surface area contributed by atoms with Crippen molar-refractivity contribution in [3.63, 3.8) is 0 Å². The van der Waals surface area contributed by atoms with Crippen molar-refractivity contribution in [1.29, 1.82) is 0 Å². The van der Waals surface area contributed by atoms with Gasteiger partial charge < -0.3 is 9.30 Å². The number of nitrogens with zero attached hydrogens (tertiary/aromatic N) is 2. The second-order valence-electron chi connectivity index (χ2n) is 3.75. The Kier molecular flexibility index (Phi) is 3.27. The second kappa shape index (κ2) is 4.72. The predicted molar refractivity (Wildman–Crippen MR) is 61.6 cm³/mol. The van der Waals surface area contributed by atoms with Gasteiger partial charge in [0.25, 0.3) is 6.43 Å². The zero-order valence-electron chi connectivity index (χ0n) is 9.98. The van der Waals surface area contributed by atoms with E-state index in [0.29, 0.717) is 16.6 Å². The summed E-state index contributed by atoms with van der Waals surface area (Å²) in [6, 6.07) is 4.56. The molecule has 0 bridgehead atoms. The van der Waals surface area contributed by atoms with Crippen molar-refractivity contribution in [1.82, 2.24) is 9.55 Å². The lowest BCUT2D eigenvalue weighted by Gasteiger charge is -2.03. The Bertz CT molecular complexity index is 593. The normalized spacial score (nSPS) is 11.2. The quantitative estimate of drug-likeness (QED) is 0.791. The SMILES string of the molecule is CCOC(=O)c1ccc2nc(C(F)F)n(C)c2c1. The van der Waals surface area contributed by atoms with Gasteiger partial charge in [-0.05, 0) is 25.1 Å². The molecule has 2 rings (SSSR count). The Labute approximate surface area is 102 Å². The molecule has 96 valence electrons. The summed E-state index contributed by atoms with van der Waals surface area (Å²) < 4.78 is 31.5. The van der Waals surface area contributed by atoms with Gasteiger partial charge in [-0.1, -0.05) is 0 Å². The zero-order chi connectivity index (χ0) is 13.3. The summed E-state index contributed by atoms with van der Waals surface area (Å²) in [5, 5.41) is 0. The molecular formula is C12H12F2N2O2. The predicted octanol–water partition coefficient (Wildman–Crippen LogP) is 2.69. The molecule has 0 unspecified atom stereocenters. The molecule has 6 heteroatoms. The van der Waals surface area contributed by atoms with Gasteiger partial charge in [0.05, 0.1) is 23.2 Å². The van der Waals surface area contributed by atoms with Gasteiger partial charge in [0.1, 0.15) is 0 Å². The first-order chi connectivity index (χ1) is 8.54. The van der Waals surface area contributed by atoms with Crippen LogP contribution in [0.3, 0.4) is 0 Å². The minimum Gasteiger partial charge on any atom is -0.462 e. The molecule has 0 saturated heterocycles. The van der Waals surface area contributed by atoms with E-state index >= 15 is 0 Å². The number of carbonyl (C=O) groups excluding carboxylic acids is 1. The number of hydrogen-bond donors (Lipinski definition) is 0. The minimum atomic E-state index is -2.64. The number of fused-ring (bicyclic) bond motifs is 1. The van der Waals surface area contributed by atoms with Crippen LogP contribution >= 0.6 is 0 Å². The van der Waals surface area contributed by atoms with Crippen molar-refractivity contribution in [3.8, 4) is 0 Å². The molecule has 0 radical (unpaired) electrons. The number of alkyl halides is 2. The number of aromatic nitrogens is 2. The molecule has 0 fully saturated rings. The fourth-order valence-corrected chi connectivity index (χ4v) is 1.75. The van der Waals surface area contributed by atoms with Crippen LogP contribution in [-0.2, 0) is 11.8 Å². The van der Waals surface area contributed by atoms with Gasteiger partial charge in [-0.25, -0.2) is 18.6 Å². The van der Waals surface area contributed by atoms with E-state index < -0.39 is 12.4 Å². The monoisotopic (exact) mass is 254 g/mol. The number of aryl methyl sites for hydroxylation is 1. The molecule has 0 aliphatic rings. The van der Waals surface area contributed by atoms with Gasteiger partial charge in [-0.3, -0.25) is 0 Å². The van der Waals surface area contributed by atoms with Gasteiger partial charge in [0, 0.05) is 7.05 Å². The molecule has 18 heavy (non-hydrogen) atoms. The maximum absolute atomic E-state index is 12.7. The van der Waals surface area contributed by atoms with Crippen LogP contribution in [0.4, 0.5) is 8.78 Å². The molecule has 0 aliphatic heterocycles. The third kappa shape index (κ3) is 2.05. The molecule has 1 aromatic carbocycles. The van der Waals surface area contributed by atoms with Crippen molar-refractivity contribution in [2.75, 3.05) is 6.61 Å². The lowest BCUT2D eigenvalue weighted by molar-refractivity contribution is 0.0526. The first-order valence-corrected chi connectivity index (χ1v) is 5.46. The summed E-state index contributed by atoms with van der Waals surface area (Å²) in [6.45, 7) is 1.97. The van der Waals surface area contributed by atoms with Gasteiger partial charge in [0.2, 0.25) is 0 Å². The Morgan fingerprint density at radius 1 is 1.50 bits per heavy atom. The standard InChI is InChI=1S/C12H12F2N2O2/c1-3-18-12(17)7-4-5-8-9(6-7)16(2)11(15-8)10(13)14/h4-6,10H,3H2,1-2H3. The van der Waals surface area contributed by atoms with Crippen molar-refractivity contribution in [3.05, 3.63) is 29.6 Å². The summed E-state index contributed by atoms with van der Waals surface area (Å²) in [7, 11) is 1.49. The van der Waals surface area contributed by atoms with Crippen LogP contribution in [0.2, 0.25) is 0 Å². The van der Waals surface area contributed by atoms with Crippen molar-refractivity contribution >= 4 is 17.0 Å². The van der Waals surface area contributed by atoms with Crippen LogP contribution in [0.1, 0.15) is 29.5 Å². The van der Waals surface area contributed by atoms with E-state index in [-0.39, 0.29) is 12.4 Å². The molecule has 0 spiro atoms. The number of carbonyl (C=O) groups is 1. The largest absolute Gasteiger partial charge is 0.462 e. The Morgan fingerprint density at radius 2 is 2.22 bits per heavy atom.